The van der Waals surface area contributed by atoms with Crippen LogP contribution in [0.5, 0.6) is 0 Å². The Morgan fingerprint density at radius 1 is 1.10 bits per heavy atom. The SMILES string of the molecule is CCNc1ncc(F)c(Nc2cc(F)c(C)cc2F)n1. The van der Waals surface area contributed by atoms with Crippen molar-refractivity contribution in [2.45, 2.75) is 13.8 Å². The first kappa shape index (κ1) is 14.1. The molecule has 2 N–H and O–H groups in total. The number of hydrogen-bond acceptors (Lipinski definition) is 4. The van der Waals surface area contributed by atoms with E-state index in [0.29, 0.717) is 6.54 Å². The number of aromatic nitrogens is 2. The number of aryl methyl sites for hydroxylation is 1. The van der Waals surface area contributed by atoms with E-state index in [4.69, 9.17) is 0 Å². The Morgan fingerprint density at radius 3 is 2.55 bits per heavy atom. The van der Waals surface area contributed by atoms with Gasteiger partial charge in [-0.3, -0.25) is 0 Å². The standard InChI is InChI=1S/C13H13F3N4/c1-3-17-13-18-6-10(16)12(20-13)19-11-5-8(14)7(2)4-9(11)15/h4-6H,3H2,1-2H3,(H2,17,18,19,20). The molecule has 0 saturated heterocycles. The van der Waals surface area contributed by atoms with Crippen LogP contribution in [0.1, 0.15) is 12.5 Å². The minimum absolute atomic E-state index is 0.171. The lowest BCUT2D eigenvalue weighted by Crippen LogP contribution is -2.06. The molecule has 0 aliphatic heterocycles. The lowest BCUT2D eigenvalue weighted by atomic mass is 10.2. The summed E-state index contributed by atoms with van der Waals surface area (Å²) >= 11 is 0. The van der Waals surface area contributed by atoms with E-state index in [1.165, 1.54) is 6.92 Å². The van der Waals surface area contributed by atoms with Crippen molar-refractivity contribution in [3.8, 4) is 0 Å². The number of anilines is 3. The molecule has 0 saturated carbocycles. The molecule has 0 amide bonds. The van der Waals surface area contributed by atoms with Crippen molar-refractivity contribution in [1.29, 1.82) is 0 Å². The molecule has 20 heavy (non-hydrogen) atoms. The van der Waals surface area contributed by atoms with Crippen LogP contribution in [0.15, 0.2) is 18.3 Å². The molecule has 4 nitrogen and oxygen atoms in total. The van der Waals surface area contributed by atoms with Gasteiger partial charge in [0, 0.05) is 12.6 Å². The largest absolute Gasteiger partial charge is 0.354 e. The molecule has 7 heteroatoms. The van der Waals surface area contributed by atoms with Gasteiger partial charge in [0.25, 0.3) is 0 Å². The lowest BCUT2D eigenvalue weighted by Gasteiger charge is -2.10. The predicted molar refractivity (Wildman–Crippen MR) is 70.5 cm³/mol. The monoisotopic (exact) mass is 282 g/mol. The van der Waals surface area contributed by atoms with Crippen LogP contribution in [0.4, 0.5) is 30.6 Å². The van der Waals surface area contributed by atoms with E-state index in [-0.39, 0.29) is 23.0 Å². The molecule has 0 radical (unpaired) electrons. The van der Waals surface area contributed by atoms with Gasteiger partial charge in [-0.15, -0.1) is 0 Å². The fraction of sp³-hybridized carbons (Fsp3) is 0.231. The summed E-state index contributed by atoms with van der Waals surface area (Å²) in [6.07, 6.45) is 0.954. The molecule has 0 spiro atoms. The molecule has 0 aliphatic carbocycles. The molecule has 2 aromatic rings. The van der Waals surface area contributed by atoms with Gasteiger partial charge in [0.15, 0.2) is 11.6 Å². The Hall–Kier alpha value is -2.31. The topological polar surface area (TPSA) is 49.8 Å². The number of halogens is 3. The minimum Gasteiger partial charge on any atom is -0.354 e. The quantitative estimate of drug-likeness (QED) is 0.902. The van der Waals surface area contributed by atoms with Gasteiger partial charge in [-0.2, -0.15) is 4.98 Å². The fourth-order valence-electron chi connectivity index (χ4n) is 1.57. The van der Waals surface area contributed by atoms with Crippen molar-refractivity contribution in [3.05, 3.63) is 41.3 Å². The zero-order chi connectivity index (χ0) is 14.7. The van der Waals surface area contributed by atoms with Gasteiger partial charge in [-0.25, -0.2) is 18.2 Å². The van der Waals surface area contributed by atoms with Gasteiger partial charge >= 0.3 is 0 Å². The van der Waals surface area contributed by atoms with Gasteiger partial charge in [0.05, 0.1) is 11.9 Å². The molecule has 0 bridgehead atoms. The van der Waals surface area contributed by atoms with Crippen LogP contribution >= 0.6 is 0 Å². The van der Waals surface area contributed by atoms with E-state index in [0.717, 1.165) is 18.3 Å². The molecule has 0 aliphatic rings. The molecule has 0 fully saturated rings. The van der Waals surface area contributed by atoms with Crippen molar-refractivity contribution < 1.29 is 13.2 Å². The molecule has 1 heterocycles. The third-order valence-electron chi connectivity index (χ3n) is 2.58. The number of nitrogens with one attached hydrogen (secondary N) is 2. The van der Waals surface area contributed by atoms with E-state index < -0.39 is 17.5 Å². The van der Waals surface area contributed by atoms with Crippen LogP contribution < -0.4 is 10.6 Å². The van der Waals surface area contributed by atoms with E-state index in [2.05, 4.69) is 20.6 Å². The highest BCUT2D eigenvalue weighted by Crippen LogP contribution is 2.23. The molecule has 1 aromatic carbocycles. The molecular weight excluding hydrogens is 269 g/mol. The van der Waals surface area contributed by atoms with E-state index >= 15 is 0 Å². The predicted octanol–water partition coefficient (Wildman–Crippen LogP) is 3.38. The number of rotatable bonds is 4. The van der Waals surface area contributed by atoms with Crippen molar-refractivity contribution in [1.82, 2.24) is 9.97 Å². The summed E-state index contributed by atoms with van der Waals surface area (Å²) in [7, 11) is 0. The van der Waals surface area contributed by atoms with Crippen molar-refractivity contribution >= 4 is 17.5 Å². The third kappa shape index (κ3) is 2.98. The highest BCUT2D eigenvalue weighted by molar-refractivity contribution is 5.58. The van der Waals surface area contributed by atoms with Crippen LogP contribution in [0.25, 0.3) is 0 Å². The summed E-state index contributed by atoms with van der Waals surface area (Å²) in [6, 6.07) is 1.99. The normalized spacial score (nSPS) is 10.4. The lowest BCUT2D eigenvalue weighted by molar-refractivity contribution is 0.594. The first-order valence-electron chi connectivity index (χ1n) is 6.00. The van der Waals surface area contributed by atoms with E-state index in [1.54, 1.807) is 0 Å². The van der Waals surface area contributed by atoms with Gasteiger partial charge < -0.3 is 10.6 Å². The van der Waals surface area contributed by atoms with Gasteiger partial charge in [-0.1, -0.05) is 0 Å². The summed E-state index contributed by atoms with van der Waals surface area (Å²) in [5.41, 5.74) is -0.0160. The second-order valence-corrected chi connectivity index (χ2v) is 4.13. The van der Waals surface area contributed by atoms with Crippen LogP contribution in [-0.4, -0.2) is 16.5 Å². The number of hydrogen-bond donors (Lipinski definition) is 2. The maximum atomic E-state index is 13.7. The van der Waals surface area contributed by atoms with E-state index in [1.807, 2.05) is 6.92 Å². The highest BCUT2D eigenvalue weighted by atomic mass is 19.1. The molecule has 0 unspecified atom stereocenters. The Bertz CT molecular complexity index is 631. The van der Waals surface area contributed by atoms with Gasteiger partial charge in [0.2, 0.25) is 5.95 Å². The average molecular weight is 282 g/mol. The Morgan fingerprint density at radius 2 is 1.85 bits per heavy atom. The van der Waals surface area contributed by atoms with Gasteiger partial charge in [0.1, 0.15) is 11.6 Å². The number of benzene rings is 1. The first-order chi connectivity index (χ1) is 9.51. The second kappa shape index (κ2) is 5.77. The Kier molecular flexibility index (Phi) is 4.07. The van der Waals surface area contributed by atoms with Crippen LogP contribution in [0.2, 0.25) is 0 Å². The zero-order valence-corrected chi connectivity index (χ0v) is 11.0. The second-order valence-electron chi connectivity index (χ2n) is 4.13. The summed E-state index contributed by atoms with van der Waals surface area (Å²) in [5, 5.41) is 5.23. The maximum absolute atomic E-state index is 13.7. The molecule has 0 atom stereocenters. The average Bonchev–Trinajstić information content (AvgIpc) is 2.40. The van der Waals surface area contributed by atoms with Crippen molar-refractivity contribution in [3.63, 3.8) is 0 Å². The van der Waals surface area contributed by atoms with Crippen LogP contribution in [0, 0.1) is 24.4 Å². The van der Waals surface area contributed by atoms with Crippen LogP contribution in [-0.2, 0) is 0 Å². The molecule has 1 aromatic heterocycles. The third-order valence-corrected chi connectivity index (χ3v) is 2.58. The van der Waals surface area contributed by atoms with E-state index in [9.17, 15) is 13.2 Å². The smallest absolute Gasteiger partial charge is 0.224 e. The van der Waals surface area contributed by atoms with Crippen LogP contribution in [0.3, 0.4) is 0 Å². The Labute approximate surface area is 114 Å². The molecule has 106 valence electrons. The maximum Gasteiger partial charge on any atom is 0.224 e. The molecular formula is C13H13F3N4. The molecule has 2 rings (SSSR count). The van der Waals surface area contributed by atoms with Crippen molar-refractivity contribution in [2.75, 3.05) is 17.2 Å². The summed E-state index contributed by atoms with van der Waals surface area (Å²) < 4.78 is 40.7. The number of nitrogens with zero attached hydrogens (tertiary/aromatic N) is 2. The Balaban J connectivity index is 2.34. The first-order valence-corrected chi connectivity index (χ1v) is 6.00. The summed E-state index contributed by atoms with van der Waals surface area (Å²) in [4.78, 5) is 7.57. The zero-order valence-electron chi connectivity index (χ0n) is 11.0. The highest BCUT2D eigenvalue weighted by Gasteiger charge is 2.12. The fourth-order valence-corrected chi connectivity index (χ4v) is 1.57. The summed E-state index contributed by atoms with van der Waals surface area (Å²) in [6.45, 7) is 3.82. The van der Waals surface area contributed by atoms with Gasteiger partial charge in [-0.05, 0) is 25.5 Å². The summed E-state index contributed by atoms with van der Waals surface area (Å²) in [5.74, 6) is -2.06. The van der Waals surface area contributed by atoms with Crippen molar-refractivity contribution in [2.24, 2.45) is 0 Å². The minimum atomic E-state index is -0.757.